The third-order valence-corrected chi connectivity index (χ3v) is 4.65. The number of halogens is 2. The zero-order chi connectivity index (χ0) is 17.6. The second kappa shape index (κ2) is 8.43. The van der Waals surface area contributed by atoms with E-state index in [1.807, 2.05) is 0 Å². The topological polar surface area (TPSA) is 41.6 Å². The van der Waals surface area contributed by atoms with E-state index < -0.39 is 0 Å². The van der Waals surface area contributed by atoms with Gasteiger partial charge in [0.05, 0.1) is 29.8 Å². The molecule has 0 saturated carbocycles. The van der Waals surface area contributed by atoms with Gasteiger partial charge in [-0.1, -0.05) is 35.9 Å². The van der Waals surface area contributed by atoms with Crippen LogP contribution in [0.5, 0.6) is 0 Å². The maximum absolute atomic E-state index is 13.3. The van der Waals surface area contributed by atoms with Gasteiger partial charge in [-0.3, -0.25) is 9.69 Å². The number of hydrogen-bond donors (Lipinski definition) is 1. The average Bonchev–Trinajstić information content (AvgIpc) is 2.64. The maximum Gasteiger partial charge on any atom is 0.252 e. The zero-order valence-electron chi connectivity index (χ0n) is 13.8. The highest BCUT2D eigenvalue weighted by Crippen LogP contribution is 2.22. The Morgan fingerprint density at radius 1 is 1.16 bits per heavy atom. The van der Waals surface area contributed by atoms with Crippen molar-refractivity contribution in [1.82, 2.24) is 10.2 Å². The summed E-state index contributed by atoms with van der Waals surface area (Å²) in [7, 11) is 0. The number of carbonyl (C=O) groups is 1. The Kier molecular flexibility index (Phi) is 6.02. The van der Waals surface area contributed by atoms with E-state index in [1.54, 1.807) is 36.4 Å². The van der Waals surface area contributed by atoms with Crippen molar-refractivity contribution in [3.05, 3.63) is 70.5 Å². The molecule has 0 radical (unpaired) electrons. The Bertz CT molecular complexity index is 718. The van der Waals surface area contributed by atoms with Crippen LogP contribution in [0.2, 0.25) is 5.02 Å². The van der Waals surface area contributed by atoms with Crippen LogP contribution in [0, 0.1) is 5.82 Å². The second-order valence-electron chi connectivity index (χ2n) is 5.91. The molecule has 3 rings (SSSR count). The zero-order valence-corrected chi connectivity index (χ0v) is 14.5. The number of benzene rings is 2. The van der Waals surface area contributed by atoms with Gasteiger partial charge in [-0.15, -0.1) is 0 Å². The van der Waals surface area contributed by atoms with Crippen LogP contribution in [0.15, 0.2) is 48.5 Å². The molecule has 2 aromatic rings. The van der Waals surface area contributed by atoms with Gasteiger partial charge in [0.2, 0.25) is 0 Å². The van der Waals surface area contributed by atoms with Crippen LogP contribution in [0.1, 0.15) is 22.0 Å². The molecule has 1 aliphatic rings. The first-order valence-electron chi connectivity index (χ1n) is 8.25. The number of morpholine rings is 1. The van der Waals surface area contributed by atoms with E-state index >= 15 is 0 Å². The van der Waals surface area contributed by atoms with E-state index in [-0.39, 0.29) is 17.8 Å². The van der Waals surface area contributed by atoms with Crippen molar-refractivity contribution in [2.75, 3.05) is 32.8 Å². The molecule has 4 nitrogen and oxygen atoms in total. The molecule has 1 aliphatic heterocycles. The molecular weight excluding hydrogens is 343 g/mol. The quantitative estimate of drug-likeness (QED) is 0.887. The summed E-state index contributed by atoms with van der Waals surface area (Å²) in [5.41, 5.74) is 1.41. The molecule has 1 saturated heterocycles. The number of ether oxygens (including phenoxy) is 1. The molecule has 0 unspecified atom stereocenters. The minimum absolute atomic E-state index is 0.0454. The van der Waals surface area contributed by atoms with Crippen molar-refractivity contribution in [3.8, 4) is 0 Å². The predicted octanol–water partition coefficient (Wildman–Crippen LogP) is 3.28. The van der Waals surface area contributed by atoms with Gasteiger partial charge in [0.15, 0.2) is 0 Å². The van der Waals surface area contributed by atoms with E-state index in [2.05, 4.69) is 10.2 Å². The standard InChI is InChI=1S/C19H20ClFN2O2/c20-17-4-2-1-3-16(17)19(24)22-13-18(23-9-11-25-12-10-23)14-5-7-15(21)8-6-14/h1-8,18H,9-13H2,(H,22,24)/t18-/m1/s1. The van der Waals surface area contributed by atoms with Crippen LogP contribution in [-0.4, -0.2) is 43.7 Å². The van der Waals surface area contributed by atoms with Crippen molar-refractivity contribution in [2.24, 2.45) is 0 Å². The summed E-state index contributed by atoms with van der Waals surface area (Å²) < 4.78 is 18.7. The van der Waals surface area contributed by atoms with Gasteiger partial charge in [0, 0.05) is 19.6 Å². The number of nitrogens with zero attached hydrogens (tertiary/aromatic N) is 1. The molecular formula is C19H20ClFN2O2. The fraction of sp³-hybridized carbons (Fsp3) is 0.316. The first-order chi connectivity index (χ1) is 12.1. The smallest absolute Gasteiger partial charge is 0.252 e. The van der Waals surface area contributed by atoms with E-state index in [0.29, 0.717) is 30.3 Å². The number of amides is 1. The van der Waals surface area contributed by atoms with Crippen molar-refractivity contribution in [1.29, 1.82) is 0 Å². The summed E-state index contributed by atoms with van der Waals surface area (Å²) in [6.07, 6.45) is 0. The monoisotopic (exact) mass is 362 g/mol. The Morgan fingerprint density at radius 3 is 2.52 bits per heavy atom. The third kappa shape index (κ3) is 4.57. The molecule has 1 amide bonds. The molecule has 0 spiro atoms. The SMILES string of the molecule is O=C(NC[C@H](c1ccc(F)cc1)N1CCOCC1)c1ccccc1Cl. The highest BCUT2D eigenvalue weighted by Gasteiger charge is 2.23. The van der Waals surface area contributed by atoms with Gasteiger partial charge < -0.3 is 10.1 Å². The van der Waals surface area contributed by atoms with Gasteiger partial charge in [0.25, 0.3) is 5.91 Å². The highest BCUT2D eigenvalue weighted by molar-refractivity contribution is 6.33. The third-order valence-electron chi connectivity index (χ3n) is 4.32. The van der Waals surface area contributed by atoms with Gasteiger partial charge >= 0.3 is 0 Å². The van der Waals surface area contributed by atoms with Crippen molar-refractivity contribution in [2.45, 2.75) is 6.04 Å². The number of carbonyl (C=O) groups excluding carboxylic acids is 1. The predicted molar refractivity (Wildman–Crippen MR) is 95.3 cm³/mol. The largest absolute Gasteiger partial charge is 0.379 e. The van der Waals surface area contributed by atoms with Crippen LogP contribution in [-0.2, 0) is 4.74 Å². The first kappa shape index (κ1) is 17.9. The molecule has 2 aromatic carbocycles. The second-order valence-corrected chi connectivity index (χ2v) is 6.31. The van der Waals surface area contributed by atoms with Gasteiger partial charge in [-0.05, 0) is 29.8 Å². The van der Waals surface area contributed by atoms with Crippen molar-refractivity contribution >= 4 is 17.5 Å². The lowest BCUT2D eigenvalue weighted by molar-refractivity contribution is 0.0162. The molecule has 1 N–H and O–H groups in total. The average molecular weight is 363 g/mol. The number of rotatable bonds is 5. The van der Waals surface area contributed by atoms with E-state index in [1.165, 1.54) is 12.1 Å². The fourth-order valence-corrected chi connectivity index (χ4v) is 3.18. The molecule has 1 atom stereocenters. The molecule has 0 bridgehead atoms. The molecule has 25 heavy (non-hydrogen) atoms. The minimum Gasteiger partial charge on any atom is -0.379 e. The fourth-order valence-electron chi connectivity index (χ4n) is 2.96. The summed E-state index contributed by atoms with van der Waals surface area (Å²) >= 11 is 6.09. The summed E-state index contributed by atoms with van der Waals surface area (Å²) in [6, 6.07) is 13.3. The van der Waals surface area contributed by atoms with Crippen LogP contribution in [0.4, 0.5) is 4.39 Å². The summed E-state index contributed by atoms with van der Waals surface area (Å²) in [5, 5.41) is 3.37. The lowest BCUT2D eigenvalue weighted by atomic mass is 10.0. The Hall–Kier alpha value is -1.95. The van der Waals surface area contributed by atoms with Crippen LogP contribution < -0.4 is 5.32 Å². The molecule has 0 aliphatic carbocycles. The summed E-state index contributed by atoms with van der Waals surface area (Å²) in [4.78, 5) is 14.7. The maximum atomic E-state index is 13.3. The Morgan fingerprint density at radius 2 is 1.84 bits per heavy atom. The van der Waals surface area contributed by atoms with Crippen LogP contribution in [0.3, 0.4) is 0 Å². The highest BCUT2D eigenvalue weighted by atomic mass is 35.5. The summed E-state index contributed by atoms with van der Waals surface area (Å²) in [6.45, 7) is 3.25. The summed E-state index contributed by atoms with van der Waals surface area (Å²) in [5.74, 6) is -0.490. The van der Waals surface area contributed by atoms with Gasteiger partial charge in [-0.25, -0.2) is 4.39 Å². The minimum atomic E-state index is -0.274. The van der Waals surface area contributed by atoms with Crippen molar-refractivity contribution in [3.63, 3.8) is 0 Å². The lowest BCUT2D eigenvalue weighted by Gasteiger charge is -2.35. The van der Waals surface area contributed by atoms with Crippen LogP contribution >= 0.6 is 11.6 Å². The molecule has 1 heterocycles. The number of nitrogens with one attached hydrogen (secondary N) is 1. The Labute approximate surface area is 151 Å². The molecule has 6 heteroatoms. The van der Waals surface area contributed by atoms with Crippen LogP contribution in [0.25, 0.3) is 0 Å². The lowest BCUT2D eigenvalue weighted by Crippen LogP contribution is -2.43. The van der Waals surface area contributed by atoms with E-state index in [9.17, 15) is 9.18 Å². The van der Waals surface area contributed by atoms with Crippen molar-refractivity contribution < 1.29 is 13.9 Å². The normalized spacial score (nSPS) is 16.4. The molecule has 132 valence electrons. The van der Waals surface area contributed by atoms with Gasteiger partial charge in [-0.2, -0.15) is 0 Å². The number of hydrogen-bond acceptors (Lipinski definition) is 3. The van der Waals surface area contributed by atoms with E-state index in [0.717, 1.165) is 18.7 Å². The molecule has 0 aromatic heterocycles. The van der Waals surface area contributed by atoms with Gasteiger partial charge in [0.1, 0.15) is 5.82 Å². The first-order valence-corrected chi connectivity index (χ1v) is 8.63. The molecule has 1 fully saturated rings. The van der Waals surface area contributed by atoms with E-state index in [4.69, 9.17) is 16.3 Å². The Balaban J connectivity index is 1.74.